The number of rotatable bonds is 9. The van der Waals surface area contributed by atoms with E-state index in [2.05, 4.69) is 17.1 Å². The first-order valence-corrected chi connectivity index (χ1v) is 7.10. The standard InChI is InChI=1S/C14H21N5O4/c1-3-4-5-6-23-13-11(19(20)21)7-10(8-12(13)22-2)9-17-18-14(15)16/h7-9H,3-6H2,1-2H3,(H4,15,16,18)/b17-9-. The van der Waals surface area contributed by atoms with Gasteiger partial charge >= 0.3 is 5.69 Å². The Balaban J connectivity index is 3.11. The average Bonchev–Trinajstić information content (AvgIpc) is 2.51. The van der Waals surface area contributed by atoms with E-state index < -0.39 is 4.92 Å². The number of ether oxygens (including phenoxy) is 2. The molecule has 0 fully saturated rings. The maximum Gasteiger partial charge on any atom is 0.315 e. The lowest BCUT2D eigenvalue weighted by Crippen LogP contribution is -2.21. The van der Waals surface area contributed by atoms with Crippen molar-refractivity contribution in [3.05, 3.63) is 27.8 Å². The summed E-state index contributed by atoms with van der Waals surface area (Å²) in [6.45, 7) is 2.44. The number of methoxy groups -OCH3 is 1. The zero-order valence-corrected chi connectivity index (χ0v) is 13.2. The van der Waals surface area contributed by atoms with Crippen molar-refractivity contribution in [1.82, 2.24) is 0 Å². The SMILES string of the molecule is CCCCCOc1c(OC)cc(/C=N\N=C(N)N)cc1[N+](=O)[O-]. The van der Waals surface area contributed by atoms with Crippen molar-refractivity contribution in [3.8, 4) is 11.5 Å². The van der Waals surface area contributed by atoms with Gasteiger partial charge in [-0.05, 0) is 12.5 Å². The molecule has 0 saturated carbocycles. The second-order valence-corrected chi connectivity index (χ2v) is 4.65. The molecule has 0 amide bonds. The molecule has 1 aromatic carbocycles. The zero-order valence-electron chi connectivity index (χ0n) is 13.2. The molecule has 0 heterocycles. The van der Waals surface area contributed by atoms with Crippen molar-refractivity contribution in [2.45, 2.75) is 26.2 Å². The van der Waals surface area contributed by atoms with Crippen LogP contribution in [0.5, 0.6) is 11.5 Å². The van der Waals surface area contributed by atoms with Crippen LogP contribution in [0.4, 0.5) is 5.69 Å². The van der Waals surface area contributed by atoms with Crippen LogP contribution < -0.4 is 20.9 Å². The van der Waals surface area contributed by atoms with Gasteiger partial charge in [-0.15, -0.1) is 5.10 Å². The summed E-state index contributed by atoms with van der Waals surface area (Å²) in [5, 5.41) is 18.3. The fourth-order valence-corrected chi connectivity index (χ4v) is 1.80. The summed E-state index contributed by atoms with van der Waals surface area (Å²) in [5.41, 5.74) is 10.5. The molecule has 0 unspecified atom stereocenters. The molecule has 0 saturated heterocycles. The monoisotopic (exact) mass is 323 g/mol. The first-order chi connectivity index (χ1) is 11.0. The Hall–Kier alpha value is -2.84. The van der Waals surface area contributed by atoms with Gasteiger partial charge in [0.05, 0.1) is 24.9 Å². The summed E-state index contributed by atoms with van der Waals surface area (Å²) in [5.74, 6) is 0.146. The number of hydrogen-bond acceptors (Lipinski definition) is 6. The summed E-state index contributed by atoms with van der Waals surface area (Å²) in [4.78, 5) is 10.7. The molecule has 9 nitrogen and oxygen atoms in total. The van der Waals surface area contributed by atoms with Crippen molar-refractivity contribution in [1.29, 1.82) is 0 Å². The molecule has 1 aromatic rings. The molecule has 1 rings (SSSR count). The van der Waals surface area contributed by atoms with Crippen LogP contribution in [0.25, 0.3) is 0 Å². The lowest BCUT2D eigenvalue weighted by atomic mass is 10.2. The lowest BCUT2D eigenvalue weighted by molar-refractivity contribution is -0.386. The quantitative estimate of drug-likeness (QED) is 0.233. The number of nitrogens with two attached hydrogens (primary N) is 2. The van der Waals surface area contributed by atoms with E-state index in [1.165, 1.54) is 19.4 Å². The highest BCUT2D eigenvalue weighted by molar-refractivity contribution is 5.84. The Morgan fingerprint density at radius 1 is 1.39 bits per heavy atom. The molecule has 126 valence electrons. The van der Waals surface area contributed by atoms with Crippen LogP contribution in [-0.4, -0.2) is 30.8 Å². The minimum absolute atomic E-state index is 0.104. The van der Waals surface area contributed by atoms with E-state index in [9.17, 15) is 10.1 Å². The largest absolute Gasteiger partial charge is 0.493 e. The predicted molar refractivity (Wildman–Crippen MR) is 88.1 cm³/mol. The summed E-state index contributed by atoms with van der Waals surface area (Å²) in [6, 6.07) is 2.89. The minimum atomic E-state index is -0.532. The van der Waals surface area contributed by atoms with Crippen molar-refractivity contribution in [2.24, 2.45) is 21.7 Å². The Morgan fingerprint density at radius 2 is 2.13 bits per heavy atom. The first kappa shape index (κ1) is 18.2. The zero-order chi connectivity index (χ0) is 17.2. The number of hydrogen-bond donors (Lipinski definition) is 2. The molecule has 23 heavy (non-hydrogen) atoms. The third-order valence-corrected chi connectivity index (χ3v) is 2.85. The minimum Gasteiger partial charge on any atom is -0.493 e. The van der Waals surface area contributed by atoms with Gasteiger partial charge in [0.25, 0.3) is 0 Å². The Kier molecular flexibility index (Phi) is 7.31. The average molecular weight is 323 g/mol. The van der Waals surface area contributed by atoms with Gasteiger partial charge in [0.1, 0.15) is 0 Å². The Bertz CT molecular complexity index is 597. The summed E-state index contributed by atoms with van der Waals surface area (Å²) in [6.07, 6.45) is 4.11. The van der Waals surface area contributed by atoms with E-state index in [1.807, 2.05) is 0 Å². The van der Waals surface area contributed by atoms with E-state index in [1.54, 1.807) is 6.07 Å². The second-order valence-electron chi connectivity index (χ2n) is 4.65. The first-order valence-electron chi connectivity index (χ1n) is 7.10. The lowest BCUT2D eigenvalue weighted by Gasteiger charge is -2.11. The highest BCUT2D eigenvalue weighted by atomic mass is 16.6. The maximum atomic E-state index is 11.3. The molecular formula is C14H21N5O4. The Morgan fingerprint density at radius 3 is 2.70 bits per heavy atom. The van der Waals surface area contributed by atoms with Crippen LogP contribution in [0.1, 0.15) is 31.7 Å². The van der Waals surface area contributed by atoms with Crippen molar-refractivity contribution >= 4 is 17.9 Å². The topological polar surface area (TPSA) is 138 Å². The maximum absolute atomic E-state index is 11.3. The van der Waals surface area contributed by atoms with Gasteiger partial charge in [-0.1, -0.05) is 19.8 Å². The molecule has 0 aliphatic rings. The van der Waals surface area contributed by atoms with Crippen molar-refractivity contribution in [3.63, 3.8) is 0 Å². The Labute approximate surface area is 134 Å². The highest BCUT2D eigenvalue weighted by Gasteiger charge is 2.22. The second kappa shape index (κ2) is 9.23. The van der Waals surface area contributed by atoms with Crippen LogP contribution in [0, 0.1) is 10.1 Å². The number of unbranched alkanes of at least 4 members (excludes halogenated alkanes) is 2. The summed E-state index contributed by atoms with van der Waals surface area (Å²) in [7, 11) is 1.41. The van der Waals surface area contributed by atoms with Crippen LogP contribution in [0.3, 0.4) is 0 Å². The van der Waals surface area contributed by atoms with Crippen molar-refractivity contribution in [2.75, 3.05) is 13.7 Å². The molecule has 0 aliphatic heterocycles. The van der Waals surface area contributed by atoms with Crippen LogP contribution in [0.15, 0.2) is 22.3 Å². The molecule has 9 heteroatoms. The number of benzene rings is 1. The summed E-state index contributed by atoms with van der Waals surface area (Å²) >= 11 is 0. The van der Waals surface area contributed by atoms with Crippen LogP contribution in [-0.2, 0) is 0 Å². The molecule has 0 atom stereocenters. The van der Waals surface area contributed by atoms with E-state index in [0.717, 1.165) is 19.3 Å². The number of nitro benzene ring substituents is 1. The molecule has 4 N–H and O–H groups in total. The van der Waals surface area contributed by atoms with Gasteiger partial charge < -0.3 is 20.9 Å². The van der Waals surface area contributed by atoms with Gasteiger partial charge in [-0.3, -0.25) is 10.1 Å². The molecular weight excluding hydrogens is 302 g/mol. The predicted octanol–water partition coefficient (Wildman–Crippen LogP) is 1.78. The molecule has 0 aliphatic carbocycles. The normalized spacial score (nSPS) is 10.5. The number of nitro groups is 1. The molecule has 0 bridgehead atoms. The molecule has 0 aromatic heterocycles. The van der Waals surface area contributed by atoms with Crippen LogP contribution >= 0.6 is 0 Å². The van der Waals surface area contributed by atoms with Crippen LogP contribution in [0.2, 0.25) is 0 Å². The van der Waals surface area contributed by atoms with E-state index in [-0.39, 0.29) is 23.1 Å². The fraction of sp³-hybridized carbons (Fsp3) is 0.429. The van der Waals surface area contributed by atoms with E-state index in [0.29, 0.717) is 12.2 Å². The van der Waals surface area contributed by atoms with Gasteiger partial charge in [-0.25, -0.2) is 0 Å². The smallest absolute Gasteiger partial charge is 0.315 e. The van der Waals surface area contributed by atoms with Gasteiger partial charge in [0.15, 0.2) is 5.75 Å². The highest BCUT2D eigenvalue weighted by Crippen LogP contribution is 2.38. The van der Waals surface area contributed by atoms with E-state index in [4.69, 9.17) is 20.9 Å². The van der Waals surface area contributed by atoms with E-state index >= 15 is 0 Å². The van der Waals surface area contributed by atoms with Gasteiger partial charge in [0, 0.05) is 11.6 Å². The van der Waals surface area contributed by atoms with Gasteiger partial charge in [-0.2, -0.15) is 5.10 Å². The molecule has 0 spiro atoms. The van der Waals surface area contributed by atoms with Gasteiger partial charge in [0.2, 0.25) is 11.7 Å². The van der Waals surface area contributed by atoms with Crippen molar-refractivity contribution < 1.29 is 14.4 Å². The third-order valence-electron chi connectivity index (χ3n) is 2.85. The fourth-order valence-electron chi connectivity index (χ4n) is 1.80. The third kappa shape index (κ3) is 5.81. The number of nitrogens with zero attached hydrogens (tertiary/aromatic N) is 3. The molecule has 0 radical (unpaired) electrons. The summed E-state index contributed by atoms with van der Waals surface area (Å²) < 4.78 is 10.7. The number of guanidine groups is 1.